The highest BCUT2D eigenvalue weighted by Gasteiger charge is 2.19. The van der Waals surface area contributed by atoms with Gasteiger partial charge in [-0.25, -0.2) is 9.18 Å². The lowest BCUT2D eigenvalue weighted by Crippen LogP contribution is -2.16. The van der Waals surface area contributed by atoms with Gasteiger partial charge in [-0.15, -0.1) is 0 Å². The fourth-order valence-corrected chi connectivity index (χ4v) is 1.99. The van der Waals surface area contributed by atoms with Crippen LogP contribution >= 0.6 is 0 Å². The maximum atomic E-state index is 13.1. The van der Waals surface area contributed by atoms with E-state index < -0.39 is 11.8 Å². The Kier molecular flexibility index (Phi) is 4.65. The fraction of sp³-hybridized carbons (Fsp3) is 0.235. The molecule has 0 saturated carbocycles. The third-order valence-corrected chi connectivity index (χ3v) is 3.24. The minimum atomic E-state index is -0.754. The molecule has 114 valence electrons. The summed E-state index contributed by atoms with van der Waals surface area (Å²) < 4.78 is 13.1. The van der Waals surface area contributed by atoms with Gasteiger partial charge in [-0.3, -0.25) is 4.79 Å². The van der Waals surface area contributed by atoms with E-state index in [0.717, 1.165) is 6.07 Å². The van der Waals surface area contributed by atoms with Crippen LogP contribution in [0.15, 0.2) is 52.7 Å². The van der Waals surface area contributed by atoms with Crippen LogP contribution in [0, 0.1) is 11.7 Å². The number of carbonyl (C=O) groups is 2. The van der Waals surface area contributed by atoms with Gasteiger partial charge < -0.3 is 4.84 Å². The van der Waals surface area contributed by atoms with E-state index in [1.54, 1.807) is 13.0 Å². The largest absolute Gasteiger partial charge is 0.365 e. The van der Waals surface area contributed by atoms with Crippen molar-refractivity contribution in [3.05, 3.63) is 58.9 Å². The van der Waals surface area contributed by atoms with Crippen molar-refractivity contribution < 1.29 is 18.8 Å². The molecule has 0 spiro atoms. The molecule has 1 aliphatic rings. The van der Waals surface area contributed by atoms with Crippen molar-refractivity contribution in [1.29, 1.82) is 0 Å². The first-order valence-corrected chi connectivity index (χ1v) is 6.88. The first-order chi connectivity index (χ1) is 10.4. The van der Waals surface area contributed by atoms with Crippen LogP contribution in [0.5, 0.6) is 0 Å². The Bertz CT molecular complexity index is 714. The number of allylic oxidation sites excluding steroid dienone is 4. The Hall–Kier alpha value is -2.56. The van der Waals surface area contributed by atoms with Gasteiger partial charge in [-0.1, -0.05) is 25.1 Å². The quantitative estimate of drug-likeness (QED) is 0.488. The molecule has 0 aliphatic heterocycles. The number of hydrogen-bond acceptors (Lipinski definition) is 4. The number of oxime groups is 1. The van der Waals surface area contributed by atoms with Crippen LogP contribution in [-0.4, -0.2) is 17.5 Å². The second kappa shape index (κ2) is 6.47. The molecule has 22 heavy (non-hydrogen) atoms. The Labute approximate surface area is 128 Å². The zero-order valence-electron chi connectivity index (χ0n) is 12.6. The van der Waals surface area contributed by atoms with Crippen LogP contribution in [0.2, 0.25) is 0 Å². The number of ketones is 1. The van der Waals surface area contributed by atoms with Gasteiger partial charge in [0.05, 0.1) is 5.56 Å². The summed E-state index contributed by atoms with van der Waals surface area (Å²) in [5.74, 6) is -1.30. The number of halogens is 1. The molecule has 0 aromatic heterocycles. The summed E-state index contributed by atoms with van der Waals surface area (Å²) in [5, 5.41) is 3.79. The first kappa shape index (κ1) is 15.8. The van der Waals surface area contributed by atoms with Crippen LogP contribution in [0.4, 0.5) is 4.39 Å². The molecule has 0 saturated heterocycles. The summed E-state index contributed by atoms with van der Waals surface area (Å²) in [6.45, 7) is 5.50. The van der Waals surface area contributed by atoms with E-state index in [9.17, 15) is 14.0 Å². The fourth-order valence-electron chi connectivity index (χ4n) is 1.99. The van der Waals surface area contributed by atoms with Crippen molar-refractivity contribution >= 4 is 17.5 Å². The zero-order chi connectivity index (χ0) is 16.3. The molecule has 1 aromatic rings. The van der Waals surface area contributed by atoms with Gasteiger partial charge in [0, 0.05) is 5.57 Å². The molecule has 4 nitrogen and oxygen atoms in total. The monoisotopic (exact) mass is 301 g/mol. The Morgan fingerprint density at radius 3 is 2.64 bits per heavy atom. The van der Waals surface area contributed by atoms with E-state index >= 15 is 0 Å². The molecule has 0 N–H and O–H groups in total. The summed E-state index contributed by atoms with van der Waals surface area (Å²) in [6.07, 6.45) is 3.07. The van der Waals surface area contributed by atoms with Crippen molar-refractivity contribution in [2.75, 3.05) is 0 Å². The van der Waals surface area contributed by atoms with Gasteiger partial charge in [-0.2, -0.15) is 0 Å². The molecular weight excluding hydrogens is 285 g/mol. The molecule has 1 aromatic carbocycles. The summed E-state index contributed by atoms with van der Waals surface area (Å²) in [6, 6.07) is 5.17. The smallest absolute Gasteiger partial charge is 0.312 e. The van der Waals surface area contributed by atoms with Crippen molar-refractivity contribution in [2.24, 2.45) is 11.1 Å². The van der Waals surface area contributed by atoms with Gasteiger partial charge in [0.25, 0.3) is 0 Å². The SMILES string of the molecule is CC1=CC(=O)C(C(C)C)=CC1=NOC(=O)c1cccc(F)c1. The van der Waals surface area contributed by atoms with Crippen molar-refractivity contribution in [1.82, 2.24) is 0 Å². The van der Waals surface area contributed by atoms with E-state index in [1.807, 2.05) is 13.8 Å². The molecule has 0 heterocycles. The summed E-state index contributed by atoms with van der Waals surface area (Å²) in [7, 11) is 0. The van der Waals surface area contributed by atoms with E-state index in [-0.39, 0.29) is 17.3 Å². The molecule has 0 unspecified atom stereocenters. The highest BCUT2D eigenvalue weighted by Crippen LogP contribution is 2.19. The number of nitrogens with zero attached hydrogens (tertiary/aromatic N) is 1. The standard InChI is InChI=1S/C17H16FNO3/c1-10(2)14-9-15(11(3)7-16(14)20)19-22-17(21)12-5-4-6-13(18)8-12/h4-10H,1-3H3. The maximum Gasteiger partial charge on any atom is 0.365 e. The zero-order valence-corrected chi connectivity index (χ0v) is 12.6. The molecule has 1 aliphatic carbocycles. The summed E-state index contributed by atoms with van der Waals surface area (Å²) in [4.78, 5) is 28.5. The van der Waals surface area contributed by atoms with Gasteiger partial charge in [-0.05, 0) is 48.8 Å². The van der Waals surface area contributed by atoms with Crippen LogP contribution in [0.25, 0.3) is 0 Å². The number of carbonyl (C=O) groups excluding carboxylic acids is 2. The van der Waals surface area contributed by atoms with E-state index in [1.165, 1.54) is 24.3 Å². The predicted molar refractivity (Wildman–Crippen MR) is 80.9 cm³/mol. The van der Waals surface area contributed by atoms with Crippen molar-refractivity contribution in [3.8, 4) is 0 Å². The lowest BCUT2D eigenvalue weighted by atomic mass is 9.90. The Morgan fingerprint density at radius 2 is 2.00 bits per heavy atom. The molecule has 0 amide bonds. The van der Waals surface area contributed by atoms with E-state index in [4.69, 9.17) is 4.84 Å². The second-order valence-corrected chi connectivity index (χ2v) is 5.31. The molecule has 5 heteroatoms. The van der Waals surface area contributed by atoms with Crippen molar-refractivity contribution in [3.63, 3.8) is 0 Å². The van der Waals surface area contributed by atoms with Crippen molar-refractivity contribution in [2.45, 2.75) is 20.8 Å². The van der Waals surface area contributed by atoms with Crippen LogP contribution < -0.4 is 0 Å². The number of hydrogen-bond donors (Lipinski definition) is 0. The van der Waals surface area contributed by atoms with Crippen LogP contribution in [0.3, 0.4) is 0 Å². The van der Waals surface area contributed by atoms with Crippen LogP contribution in [-0.2, 0) is 9.63 Å². The lowest BCUT2D eigenvalue weighted by molar-refractivity contribution is -0.111. The minimum absolute atomic E-state index is 0.0426. The third kappa shape index (κ3) is 3.55. The molecule has 2 rings (SSSR count). The Morgan fingerprint density at radius 1 is 1.27 bits per heavy atom. The highest BCUT2D eigenvalue weighted by molar-refractivity contribution is 6.21. The third-order valence-electron chi connectivity index (χ3n) is 3.24. The van der Waals surface area contributed by atoms with Gasteiger partial charge in [0.15, 0.2) is 5.78 Å². The van der Waals surface area contributed by atoms with Crippen LogP contribution in [0.1, 0.15) is 31.1 Å². The van der Waals surface area contributed by atoms with Gasteiger partial charge in [0.1, 0.15) is 11.5 Å². The first-order valence-electron chi connectivity index (χ1n) is 6.88. The minimum Gasteiger partial charge on any atom is -0.312 e. The molecule has 0 radical (unpaired) electrons. The molecule has 0 atom stereocenters. The molecular formula is C17H16FNO3. The topological polar surface area (TPSA) is 55.7 Å². The molecule has 0 bridgehead atoms. The number of benzene rings is 1. The van der Waals surface area contributed by atoms with E-state index in [0.29, 0.717) is 16.9 Å². The Balaban J connectivity index is 2.20. The average molecular weight is 301 g/mol. The van der Waals surface area contributed by atoms with E-state index in [2.05, 4.69) is 5.16 Å². The highest BCUT2D eigenvalue weighted by atomic mass is 19.1. The lowest BCUT2D eigenvalue weighted by Gasteiger charge is -2.14. The number of rotatable bonds is 3. The van der Waals surface area contributed by atoms with Gasteiger partial charge in [0.2, 0.25) is 0 Å². The van der Waals surface area contributed by atoms with Gasteiger partial charge >= 0.3 is 5.97 Å². The average Bonchev–Trinajstić information content (AvgIpc) is 2.45. The maximum absolute atomic E-state index is 13.1. The second-order valence-electron chi connectivity index (χ2n) is 5.31. The predicted octanol–water partition coefficient (Wildman–Crippen LogP) is 3.45. The summed E-state index contributed by atoms with van der Waals surface area (Å²) in [5.41, 5.74) is 1.70. The summed E-state index contributed by atoms with van der Waals surface area (Å²) >= 11 is 0. The molecule has 0 fully saturated rings. The normalized spacial score (nSPS) is 16.6.